The minimum absolute atomic E-state index is 0.171. The van der Waals surface area contributed by atoms with Gasteiger partial charge in [0.25, 0.3) is 0 Å². The van der Waals surface area contributed by atoms with Crippen LogP contribution in [0.3, 0.4) is 0 Å². The number of hydrogen-bond acceptors (Lipinski definition) is 4. The number of thioether (sulfide) groups is 1. The van der Waals surface area contributed by atoms with Gasteiger partial charge in [0.05, 0.1) is 17.9 Å². The van der Waals surface area contributed by atoms with Gasteiger partial charge in [-0.05, 0) is 36.8 Å². The van der Waals surface area contributed by atoms with Crippen LogP contribution in [-0.4, -0.2) is 27.8 Å². The predicted octanol–water partition coefficient (Wildman–Crippen LogP) is 2.55. The molecule has 1 amide bonds. The number of rotatable bonds is 6. The van der Waals surface area contributed by atoms with E-state index in [2.05, 4.69) is 10.3 Å². The molecule has 22 heavy (non-hydrogen) atoms. The molecule has 0 bridgehead atoms. The molecule has 0 radical (unpaired) electrons. The number of aliphatic hydroxyl groups is 1. The summed E-state index contributed by atoms with van der Waals surface area (Å²) in [7, 11) is 0. The highest BCUT2D eigenvalue weighted by molar-refractivity contribution is 8.00. The third kappa shape index (κ3) is 4.82. The number of nitrogens with zero attached hydrogens (tertiary/aromatic N) is 1. The Balaban J connectivity index is 1.84. The van der Waals surface area contributed by atoms with Crippen LogP contribution >= 0.6 is 11.8 Å². The zero-order valence-corrected chi connectivity index (χ0v) is 12.9. The fraction of sp³-hybridized carbons (Fsp3) is 0.250. The maximum absolute atomic E-state index is 12.9. The van der Waals surface area contributed by atoms with Gasteiger partial charge in [-0.1, -0.05) is 12.1 Å². The van der Waals surface area contributed by atoms with Crippen LogP contribution in [0.5, 0.6) is 0 Å². The van der Waals surface area contributed by atoms with E-state index in [1.54, 1.807) is 19.3 Å². The zero-order chi connectivity index (χ0) is 15.9. The minimum atomic E-state index is -0.879. The van der Waals surface area contributed by atoms with Crippen molar-refractivity contribution in [3.8, 4) is 0 Å². The van der Waals surface area contributed by atoms with Crippen molar-refractivity contribution in [3.63, 3.8) is 0 Å². The van der Waals surface area contributed by atoms with Crippen LogP contribution in [0.25, 0.3) is 0 Å². The van der Waals surface area contributed by atoms with Crippen molar-refractivity contribution in [2.75, 3.05) is 5.75 Å². The number of amides is 1. The first-order chi connectivity index (χ1) is 10.6. The van der Waals surface area contributed by atoms with Crippen LogP contribution < -0.4 is 5.32 Å². The molecule has 0 saturated carbocycles. The Hall–Kier alpha value is -1.92. The maximum Gasteiger partial charge on any atom is 0.230 e. The van der Waals surface area contributed by atoms with E-state index in [9.17, 15) is 14.3 Å². The van der Waals surface area contributed by atoms with E-state index in [-0.39, 0.29) is 17.5 Å². The summed E-state index contributed by atoms with van der Waals surface area (Å²) in [5.74, 6) is -0.276. The Bertz CT molecular complexity index is 607. The predicted molar refractivity (Wildman–Crippen MR) is 83.9 cm³/mol. The minimum Gasteiger partial charge on any atom is -0.386 e. The number of carbonyl (C=O) groups excluding carboxylic acids is 1. The van der Waals surface area contributed by atoms with Gasteiger partial charge in [0.2, 0.25) is 5.91 Å². The lowest BCUT2D eigenvalue weighted by atomic mass is 10.0. The summed E-state index contributed by atoms with van der Waals surface area (Å²) >= 11 is 1.40. The second-order valence-electron chi connectivity index (χ2n) is 4.82. The van der Waals surface area contributed by atoms with Crippen molar-refractivity contribution in [1.29, 1.82) is 0 Å². The Morgan fingerprint density at radius 1 is 1.27 bits per heavy atom. The van der Waals surface area contributed by atoms with Crippen LogP contribution in [0.1, 0.15) is 18.6 Å². The highest BCUT2D eigenvalue weighted by Crippen LogP contribution is 2.18. The number of pyridine rings is 1. The molecule has 2 N–H and O–H groups in total. The number of carbonyl (C=O) groups is 1. The second-order valence-corrected chi connectivity index (χ2v) is 5.87. The van der Waals surface area contributed by atoms with E-state index >= 15 is 0 Å². The Morgan fingerprint density at radius 3 is 2.55 bits per heavy atom. The summed E-state index contributed by atoms with van der Waals surface area (Å²) in [5.41, 5.74) is 0.566. The Kier molecular flexibility index (Phi) is 5.91. The zero-order valence-electron chi connectivity index (χ0n) is 12.1. The van der Waals surface area contributed by atoms with Crippen molar-refractivity contribution in [1.82, 2.24) is 10.3 Å². The van der Waals surface area contributed by atoms with Crippen LogP contribution in [0.15, 0.2) is 53.7 Å². The molecule has 2 rings (SSSR count). The number of nitrogens with one attached hydrogen (secondary N) is 1. The highest BCUT2D eigenvalue weighted by Gasteiger charge is 2.18. The second kappa shape index (κ2) is 7.91. The molecule has 0 unspecified atom stereocenters. The number of aliphatic hydroxyl groups excluding tert-OH is 1. The van der Waals surface area contributed by atoms with E-state index in [0.29, 0.717) is 5.56 Å². The SMILES string of the molecule is C[C@H](NC(=O)CSc1ccncc1)[C@H](O)c1ccc(F)cc1. The van der Waals surface area contributed by atoms with Gasteiger partial charge < -0.3 is 10.4 Å². The van der Waals surface area contributed by atoms with Gasteiger partial charge in [-0.2, -0.15) is 0 Å². The number of halogens is 1. The third-order valence-corrected chi connectivity index (χ3v) is 4.11. The van der Waals surface area contributed by atoms with Crippen LogP contribution in [0, 0.1) is 5.82 Å². The first-order valence-electron chi connectivity index (χ1n) is 6.82. The fourth-order valence-electron chi connectivity index (χ4n) is 1.91. The standard InChI is InChI=1S/C16H17FN2O2S/c1-11(16(21)12-2-4-13(17)5-3-12)19-15(20)10-22-14-6-8-18-9-7-14/h2-9,11,16,21H,10H2,1H3,(H,19,20)/t11-,16-/m0/s1. The van der Waals surface area contributed by atoms with Crippen molar-refractivity contribution in [2.45, 2.75) is 24.0 Å². The van der Waals surface area contributed by atoms with Crippen LogP contribution in [0.4, 0.5) is 4.39 Å². The lowest BCUT2D eigenvalue weighted by Crippen LogP contribution is -2.38. The molecule has 116 valence electrons. The van der Waals surface area contributed by atoms with Gasteiger partial charge in [-0.3, -0.25) is 9.78 Å². The fourth-order valence-corrected chi connectivity index (χ4v) is 2.60. The lowest BCUT2D eigenvalue weighted by molar-refractivity contribution is -0.119. The molecule has 6 heteroatoms. The van der Waals surface area contributed by atoms with Crippen molar-refractivity contribution < 1.29 is 14.3 Å². The normalized spacial score (nSPS) is 13.4. The number of aromatic nitrogens is 1. The van der Waals surface area contributed by atoms with Crippen molar-refractivity contribution in [3.05, 3.63) is 60.2 Å². The molecule has 0 aliphatic heterocycles. The molecule has 1 heterocycles. The number of benzene rings is 1. The summed E-state index contributed by atoms with van der Waals surface area (Å²) < 4.78 is 12.9. The molecule has 1 aromatic heterocycles. The number of hydrogen-bond donors (Lipinski definition) is 2. The summed E-state index contributed by atoms with van der Waals surface area (Å²) in [6.07, 6.45) is 2.46. The van der Waals surface area contributed by atoms with Gasteiger partial charge in [-0.15, -0.1) is 11.8 Å². The van der Waals surface area contributed by atoms with E-state index in [1.165, 1.54) is 36.0 Å². The van der Waals surface area contributed by atoms with Crippen molar-refractivity contribution in [2.24, 2.45) is 0 Å². The Labute approximate surface area is 132 Å². The topological polar surface area (TPSA) is 62.2 Å². The van der Waals surface area contributed by atoms with Gasteiger partial charge in [0, 0.05) is 17.3 Å². The molecule has 1 aromatic carbocycles. The van der Waals surface area contributed by atoms with Crippen LogP contribution in [-0.2, 0) is 4.79 Å². The summed E-state index contributed by atoms with van der Waals surface area (Å²) in [6, 6.07) is 8.78. The molecule has 2 atom stereocenters. The third-order valence-electron chi connectivity index (χ3n) is 3.09. The van der Waals surface area contributed by atoms with Gasteiger partial charge in [-0.25, -0.2) is 4.39 Å². The smallest absolute Gasteiger partial charge is 0.230 e. The Morgan fingerprint density at radius 2 is 1.91 bits per heavy atom. The van der Waals surface area contributed by atoms with Gasteiger partial charge in [0.1, 0.15) is 5.82 Å². The molecule has 0 spiro atoms. The summed E-state index contributed by atoms with van der Waals surface area (Å²) in [4.78, 5) is 16.8. The lowest BCUT2D eigenvalue weighted by Gasteiger charge is -2.20. The molecule has 0 aliphatic rings. The molecule has 4 nitrogen and oxygen atoms in total. The van der Waals surface area contributed by atoms with Crippen LogP contribution in [0.2, 0.25) is 0 Å². The molecular formula is C16H17FN2O2S. The largest absolute Gasteiger partial charge is 0.386 e. The molecule has 2 aromatic rings. The van der Waals surface area contributed by atoms with Crippen molar-refractivity contribution >= 4 is 17.7 Å². The van der Waals surface area contributed by atoms with E-state index in [1.807, 2.05) is 12.1 Å². The average molecular weight is 320 g/mol. The van der Waals surface area contributed by atoms with Gasteiger partial charge >= 0.3 is 0 Å². The summed E-state index contributed by atoms with van der Waals surface area (Å²) in [6.45, 7) is 1.71. The molecular weight excluding hydrogens is 303 g/mol. The summed E-state index contributed by atoms with van der Waals surface area (Å²) in [5, 5.41) is 12.9. The maximum atomic E-state index is 12.9. The highest BCUT2D eigenvalue weighted by atomic mass is 32.2. The first kappa shape index (κ1) is 16.5. The van der Waals surface area contributed by atoms with E-state index in [4.69, 9.17) is 0 Å². The van der Waals surface area contributed by atoms with E-state index < -0.39 is 12.1 Å². The monoisotopic (exact) mass is 320 g/mol. The average Bonchev–Trinajstić information content (AvgIpc) is 2.54. The van der Waals surface area contributed by atoms with Gasteiger partial charge in [0.15, 0.2) is 0 Å². The molecule has 0 saturated heterocycles. The first-order valence-corrected chi connectivity index (χ1v) is 7.80. The molecule has 0 aliphatic carbocycles. The molecule has 0 fully saturated rings. The van der Waals surface area contributed by atoms with E-state index in [0.717, 1.165) is 4.90 Å². The quantitative estimate of drug-likeness (QED) is 0.803.